The Morgan fingerprint density at radius 2 is 1.40 bits per heavy atom. The molecule has 1 aliphatic rings. The number of anilines is 1. The number of fused-ring (bicyclic) bond motifs is 1. The number of methoxy groups -OCH3 is 2. The number of benzene rings is 4. The number of hydrogen-bond donors (Lipinski definition) is 1. The molecule has 0 saturated carbocycles. The molecule has 0 aliphatic carbocycles. The van der Waals surface area contributed by atoms with Gasteiger partial charge in [0.1, 0.15) is 41.7 Å². The predicted molar refractivity (Wildman–Crippen MR) is 274 cm³/mol. The van der Waals surface area contributed by atoms with Crippen LogP contribution in [0.5, 0.6) is 11.5 Å². The molecule has 1 N–H and O–H groups in total. The van der Waals surface area contributed by atoms with E-state index in [1.807, 2.05) is 77.4 Å². The number of hydrogen-bond acceptors (Lipinski definition) is 13. The van der Waals surface area contributed by atoms with E-state index in [0.29, 0.717) is 28.2 Å². The maximum absolute atomic E-state index is 13.5. The summed E-state index contributed by atoms with van der Waals surface area (Å²) >= 11 is 0. The molecule has 2 unspecified atom stereocenters. The van der Waals surface area contributed by atoms with Crippen molar-refractivity contribution in [2.45, 2.75) is 115 Å². The summed E-state index contributed by atoms with van der Waals surface area (Å²) in [7, 11) is -1.19. The second-order valence-electron chi connectivity index (χ2n) is 19.2. The first-order valence-corrected chi connectivity index (χ1v) is 27.7. The lowest BCUT2D eigenvalue weighted by molar-refractivity contribution is -0.0928. The van der Waals surface area contributed by atoms with Crippen LogP contribution < -0.4 is 14.8 Å². The lowest BCUT2D eigenvalue weighted by Gasteiger charge is -2.43. The standard InChI is InChI=1S/C53H66N7O8PSi/c1-36(2)60(37(3)4)69(65-32-18-31-54)67-47-46(68-70(10,11)52(5,6)7)44(66-51(47)59-35-57-45-48(55-34-56-49(45)59)58-50(61)38-19-14-12-15-20-38)33-64-53(39-21-16-13-17-22-39,40-23-27-42(62-8)28-24-40)41-25-29-43(63-9)30-26-41/h12-17,19-30,34-37,44,46-47,51H,18,32-33H2,1-11H3,(H,55,56,58,61)/t44-,46?,47+,51-,69?/m1/s1. The molecular weight excluding hydrogens is 922 g/mol. The van der Waals surface area contributed by atoms with E-state index in [1.54, 1.807) is 44.8 Å². The Labute approximate surface area is 414 Å². The summed E-state index contributed by atoms with van der Waals surface area (Å²) in [5.74, 6) is 1.30. The molecule has 17 heteroatoms. The van der Waals surface area contributed by atoms with E-state index in [-0.39, 0.29) is 48.5 Å². The minimum atomic E-state index is -2.65. The van der Waals surface area contributed by atoms with Crippen molar-refractivity contribution >= 4 is 39.7 Å². The van der Waals surface area contributed by atoms with Gasteiger partial charge in [-0.05, 0) is 98.9 Å². The van der Waals surface area contributed by atoms with E-state index < -0.39 is 47.0 Å². The molecule has 2 aromatic heterocycles. The number of carbonyl (C=O) groups is 1. The van der Waals surface area contributed by atoms with E-state index in [1.165, 1.54) is 6.33 Å². The van der Waals surface area contributed by atoms with Gasteiger partial charge < -0.3 is 37.7 Å². The number of nitrogens with zero attached hydrogens (tertiary/aromatic N) is 6. The molecule has 1 amide bonds. The largest absolute Gasteiger partial charge is 0.497 e. The van der Waals surface area contributed by atoms with Crippen molar-refractivity contribution in [1.29, 1.82) is 5.26 Å². The molecule has 15 nitrogen and oxygen atoms in total. The summed E-state index contributed by atoms with van der Waals surface area (Å²) < 4.78 is 51.7. The molecule has 70 heavy (non-hydrogen) atoms. The second kappa shape index (κ2) is 22.6. The zero-order valence-corrected chi connectivity index (χ0v) is 43.9. The normalized spacial score (nSPS) is 18.1. The molecule has 3 heterocycles. The van der Waals surface area contributed by atoms with Gasteiger partial charge in [0.05, 0.1) is 46.3 Å². The zero-order chi connectivity index (χ0) is 50.2. The summed E-state index contributed by atoms with van der Waals surface area (Å²) in [5, 5.41) is 12.4. The van der Waals surface area contributed by atoms with Crippen molar-refractivity contribution in [3.8, 4) is 17.6 Å². The third kappa shape index (κ3) is 11.3. The van der Waals surface area contributed by atoms with Crippen molar-refractivity contribution in [3.63, 3.8) is 0 Å². The van der Waals surface area contributed by atoms with Crippen LogP contribution in [0.25, 0.3) is 11.2 Å². The Balaban J connectivity index is 1.40. The molecule has 1 aliphatic heterocycles. The van der Waals surface area contributed by atoms with Crippen LogP contribution in [0.3, 0.4) is 0 Å². The Kier molecular flexibility index (Phi) is 16.9. The van der Waals surface area contributed by atoms with Gasteiger partial charge in [-0.3, -0.25) is 9.36 Å². The molecule has 370 valence electrons. The third-order valence-corrected chi connectivity index (χ3v) is 19.5. The molecule has 0 bridgehead atoms. The third-order valence-electron chi connectivity index (χ3n) is 12.9. The molecule has 0 radical (unpaired) electrons. The van der Waals surface area contributed by atoms with Crippen LogP contribution in [0.4, 0.5) is 5.82 Å². The van der Waals surface area contributed by atoms with Gasteiger partial charge in [0.2, 0.25) is 0 Å². The van der Waals surface area contributed by atoms with Gasteiger partial charge in [-0.2, -0.15) is 5.26 Å². The average molecular weight is 988 g/mol. The summed E-state index contributed by atoms with van der Waals surface area (Å²) in [6, 6.07) is 37.1. The fourth-order valence-corrected chi connectivity index (χ4v) is 11.5. The molecule has 4 aromatic carbocycles. The summed E-state index contributed by atoms with van der Waals surface area (Å²) in [6.45, 7) is 19.6. The summed E-state index contributed by atoms with van der Waals surface area (Å²) in [5.41, 5.74) is 2.64. The monoisotopic (exact) mass is 987 g/mol. The first-order valence-electron chi connectivity index (χ1n) is 23.6. The molecule has 6 aromatic rings. The zero-order valence-electron chi connectivity index (χ0n) is 42.0. The van der Waals surface area contributed by atoms with E-state index in [2.05, 4.69) is 94.7 Å². The molecule has 0 spiro atoms. The molecule has 7 rings (SSSR count). The van der Waals surface area contributed by atoms with Crippen molar-refractivity contribution in [1.82, 2.24) is 24.2 Å². The second-order valence-corrected chi connectivity index (χ2v) is 25.4. The highest BCUT2D eigenvalue weighted by Crippen LogP contribution is 2.53. The first kappa shape index (κ1) is 52.2. The lowest BCUT2D eigenvalue weighted by atomic mass is 9.80. The first-order chi connectivity index (χ1) is 33.5. The maximum atomic E-state index is 13.5. The fraction of sp³-hybridized carbons (Fsp3) is 0.415. The highest BCUT2D eigenvalue weighted by Gasteiger charge is 2.54. The van der Waals surface area contributed by atoms with Gasteiger partial charge in [-0.25, -0.2) is 19.6 Å². The Bertz CT molecular complexity index is 2620. The van der Waals surface area contributed by atoms with E-state index >= 15 is 0 Å². The topological polar surface area (TPSA) is 164 Å². The molecule has 1 saturated heterocycles. The number of nitrogens with one attached hydrogen (secondary N) is 1. The minimum absolute atomic E-state index is 0.00550. The molecule has 5 atom stereocenters. The van der Waals surface area contributed by atoms with Crippen LogP contribution in [0.1, 0.15) is 88.2 Å². The Morgan fingerprint density at radius 1 is 0.829 bits per heavy atom. The van der Waals surface area contributed by atoms with Crippen LogP contribution in [-0.2, 0) is 28.5 Å². The summed E-state index contributed by atoms with van der Waals surface area (Å²) in [6.07, 6.45) is -0.0636. The van der Waals surface area contributed by atoms with E-state index in [4.69, 9.17) is 42.4 Å². The van der Waals surface area contributed by atoms with E-state index in [0.717, 1.165) is 16.7 Å². The van der Waals surface area contributed by atoms with Crippen LogP contribution >= 0.6 is 8.53 Å². The van der Waals surface area contributed by atoms with Crippen molar-refractivity contribution in [3.05, 3.63) is 144 Å². The van der Waals surface area contributed by atoms with Gasteiger partial charge in [0.25, 0.3) is 14.4 Å². The van der Waals surface area contributed by atoms with Gasteiger partial charge >= 0.3 is 0 Å². The SMILES string of the molecule is COc1ccc(C(OC[C@H]2O[C@@H](n3cnc4c(NC(=O)c5ccccc5)ncnc43)[C@@H](OP(OCCC#N)N(C(C)C)C(C)C)C2O[Si](C)(C)C(C)(C)C)(c2ccccc2)c2ccc(OC)cc2)cc1. The highest BCUT2D eigenvalue weighted by molar-refractivity contribution is 7.44. The van der Waals surface area contributed by atoms with Crippen molar-refractivity contribution in [2.75, 3.05) is 32.8 Å². The van der Waals surface area contributed by atoms with Gasteiger partial charge in [-0.1, -0.05) is 93.6 Å². The number of carbonyl (C=O) groups excluding carboxylic acids is 1. The molecule has 1 fully saturated rings. The predicted octanol–water partition coefficient (Wildman–Crippen LogP) is 11.1. The minimum Gasteiger partial charge on any atom is -0.497 e. The average Bonchev–Trinajstić information content (AvgIpc) is 3.93. The van der Waals surface area contributed by atoms with Gasteiger partial charge in [-0.15, -0.1) is 0 Å². The number of amides is 1. The van der Waals surface area contributed by atoms with Crippen LogP contribution in [-0.4, -0.2) is 96.2 Å². The van der Waals surface area contributed by atoms with Crippen LogP contribution in [0.15, 0.2) is 122 Å². The number of nitriles is 1. The van der Waals surface area contributed by atoms with Crippen molar-refractivity contribution < 1.29 is 37.2 Å². The van der Waals surface area contributed by atoms with E-state index in [9.17, 15) is 10.1 Å². The smallest absolute Gasteiger partial charge is 0.259 e. The van der Waals surface area contributed by atoms with Gasteiger partial charge in [0, 0.05) is 17.6 Å². The summed E-state index contributed by atoms with van der Waals surface area (Å²) in [4.78, 5) is 27.5. The quantitative estimate of drug-likeness (QED) is 0.0314. The number of imidazole rings is 1. The number of aromatic nitrogens is 4. The molecular formula is C53H66N7O8PSi. The highest BCUT2D eigenvalue weighted by atomic mass is 31.2. The fourth-order valence-electron chi connectivity index (χ4n) is 8.42. The van der Waals surface area contributed by atoms with Gasteiger partial charge in [0.15, 0.2) is 31.5 Å². The van der Waals surface area contributed by atoms with Crippen molar-refractivity contribution in [2.24, 2.45) is 0 Å². The number of ether oxygens (including phenoxy) is 4. The van der Waals surface area contributed by atoms with Crippen LogP contribution in [0, 0.1) is 11.3 Å². The lowest BCUT2D eigenvalue weighted by Crippen LogP contribution is -2.51. The van der Waals surface area contributed by atoms with Crippen LogP contribution in [0.2, 0.25) is 18.1 Å². The Hall–Kier alpha value is -5.60. The maximum Gasteiger partial charge on any atom is 0.259 e. The number of rotatable bonds is 21. The Morgan fingerprint density at radius 3 is 1.94 bits per heavy atom.